The highest BCUT2D eigenvalue weighted by Gasteiger charge is 2.14. The highest BCUT2D eigenvalue weighted by molar-refractivity contribution is 6.03. The van der Waals surface area contributed by atoms with Gasteiger partial charge in [-0.25, -0.2) is 4.79 Å². The number of fused-ring (bicyclic) bond motifs is 1. The lowest BCUT2D eigenvalue weighted by Crippen LogP contribution is -2.32. The number of H-pyrrole nitrogens is 1. The molecule has 29 heavy (non-hydrogen) atoms. The second-order valence-electron chi connectivity index (χ2n) is 6.64. The summed E-state index contributed by atoms with van der Waals surface area (Å²) in [5.41, 5.74) is 2.41. The molecule has 1 amide bonds. The first kappa shape index (κ1) is 20.1. The summed E-state index contributed by atoms with van der Waals surface area (Å²) in [4.78, 5) is 38.6. The van der Waals surface area contributed by atoms with Crippen molar-refractivity contribution in [3.8, 4) is 5.75 Å². The highest BCUT2D eigenvalue weighted by Crippen LogP contribution is 2.18. The fourth-order valence-corrected chi connectivity index (χ4v) is 2.95. The van der Waals surface area contributed by atoms with Gasteiger partial charge in [0.1, 0.15) is 12.4 Å². The van der Waals surface area contributed by atoms with E-state index in [1.807, 2.05) is 32.0 Å². The highest BCUT2D eigenvalue weighted by atomic mass is 16.5. The van der Waals surface area contributed by atoms with Crippen LogP contribution >= 0.6 is 0 Å². The number of amides is 1. The van der Waals surface area contributed by atoms with Gasteiger partial charge in [0.15, 0.2) is 6.61 Å². The number of ether oxygens (including phenoxy) is 2. The number of hydrogen-bond donors (Lipinski definition) is 2. The molecule has 7 heteroatoms. The van der Waals surface area contributed by atoms with Gasteiger partial charge in [-0.3, -0.25) is 9.59 Å². The zero-order chi connectivity index (χ0) is 20.8. The summed E-state index contributed by atoms with van der Waals surface area (Å²) in [6, 6.07) is 13.9. The first-order chi connectivity index (χ1) is 13.9. The summed E-state index contributed by atoms with van der Waals surface area (Å²) in [6.07, 6.45) is 0. The van der Waals surface area contributed by atoms with Crippen LogP contribution in [-0.4, -0.2) is 36.6 Å². The number of pyridine rings is 1. The Morgan fingerprint density at radius 3 is 2.66 bits per heavy atom. The number of carbonyl (C=O) groups excluding carboxylic acids is 2. The Bertz CT molecular complexity index is 1100. The lowest BCUT2D eigenvalue weighted by atomic mass is 10.1. The molecule has 0 saturated carbocycles. The molecule has 0 aliphatic rings. The maximum absolute atomic E-state index is 12.3. The molecule has 1 aromatic heterocycles. The predicted molar refractivity (Wildman–Crippen MR) is 109 cm³/mol. The summed E-state index contributed by atoms with van der Waals surface area (Å²) < 4.78 is 10.7. The van der Waals surface area contributed by atoms with Gasteiger partial charge in [0, 0.05) is 17.0 Å². The summed E-state index contributed by atoms with van der Waals surface area (Å²) in [5, 5.41) is 3.19. The molecule has 3 rings (SSSR count). The third kappa shape index (κ3) is 5.22. The van der Waals surface area contributed by atoms with E-state index in [0.29, 0.717) is 17.5 Å². The van der Waals surface area contributed by atoms with E-state index in [9.17, 15) is 14.4 Å². The average molecular weight is 394 g/mol. The lowest BCUT2D eigenvalue weighted by Gasteiger charge is -2.11. The van der Waals surface area contributed by atoms with Gasteiger partial charge in [0.25, 0.3) is 5.91 Å². The number of aryl methyl sites for hydroxylation is 2. The van der Waals surface area contributed by atoms with Crippen LogP contribution in [0, 0.1) is 13.8 Å². The van der Waals surface area contributed by atoms with Crippen molar-refractivity contribution in [2.75, 3.05) is 19.8 Å². The van der Waals surface area contributed by atoms with Crippen molar-refractivity contribution in [1.29, 1.82) is 0 Å². The van der Waals surface area contributed by atoms with Crippen molar-refractivity contribution in [2.45, 2.75) is 13.8 Å². The number of rotatable bonds is 7. The molecule has 0 atom stereocenters. The molecule has 0 unspecified atom stereocenters. The Balaban J connectivity index is 1.48. The molecule has 0 fully saturated rings. The lowest BCUT2D eigenvalue weighted by molar-refractivity contribution is -0.124. The summed E-state index contributed by atoms with van der Waals surface area (Å²) in [6.45, 7) is 4.09. The van der Waals surface area contributed by atoms with Crippen molar-refractivity contribution >= 4 is 22.8 Å². The zero-order valence-corrected chi connectivity index (χ0v) is 16.3. The van der Waals surface area contributed by atoms with Gasteiger partial charge in [-0.2, -0.15) is 0 Å². The van der Waals surface area contributed by atoms with Gasteiger partial charge in [0.2, 0.25) is 5.56 Å². The van der Waals surface area contributed by atoms with Crippen LogP contribution in [-0.2, 0) is 9.53 Å². The van der Waals surface area contributed by atoms with E-state index >= 15 is 0 Å². The van der Waals surface area contributed by atoms with E-state index in [1.54, 1.807) is 24.3 Å². The van der Waals surface area contributed by atoms with Gasteiger partial charge in [-0.1, -0.05) is 35.9 Å². The van der Waals surface area contributed by atoms with E-state index in [-0.39, 0.29) is 12.1 Å². The number of benzene rings is 2. The van der Waals surface area contributed by atoms with Crippen LogP contribution in [0.4, 0.5) is 0 Å². The maximum Gasteiger partial charge on any atom is 0.339 e. The minimum Gasteiger partial charge on any atom is -0.491 e. The number of carbonyl (C=O) groups is 2. The molecule has 3 aromatic rings. The Labute approximate surface area is 167 Å². The van der Waals surface area contributed by atoms with Crippen molar-refractivity contribution in [3.63, 3.8) is 0 Å². The predicted octanol–water partition coefficient (Wildman–Crippen LogP) is 2.50. The van der Waals surface area contributed by atoms with Crippen molar-refractivity contribution < 1.29 is 19.1 Å². The van der Waals surface area contributed by atoms with Gasteiger partial charge in [-0.05, 0) is 31.5 Å². The molecule has 0 bridgehead atoms. The van der Waals surface area contributed by atoms with E-state index in [0.717, 1.165) is 16.9 Å². The summed E-state index contributed by atoms with van der Waals surface area (Å²) >= 11 is 0. The molecule has 0 spiro atoms. The molecule has 1 heterocycles. The van der Waals surface area contributed by atoms with E-state index in [1.165, 1.54) is 6.07 Å². The first-order valence-electron chi connectivity index (χ1n) is 9.20. The third-order valence-corrected chi connectivity index (χ3v) is 4.32. The fraction of sp³-hybridized carbons (Fsp3) is 0.227. The van der Waals surface area contributed by atoms with Crippen LogP contribution < -0.4 is 15.6 Å². The number of aromatic nitrogens is 1. The maximum atomic E-state index is 12.3. The molecule has 2 N–H and O–H groups in total. The topological polar surface area (TPSA) is 97.5 Å². The Kier molecular flexibility index (Phi) is 6.29. The van der Waals surface area contributed by atoms with Gasteiger partial charge in [-0.15, -0.1) is 0 Å². The first-order valence-corrected chi connectivity index (χ1v) is 9.20. The van der Waals surface area contributed by atoms with E-state index < -0.39 is 24.0 Å². The molecule has 0 saturated heterocycles. The van der Waals surface area contributed by atoms with Crippen molar-refractivity contribution in [3.05, 3.63) is 75.6 Å². The Morgan fingerprint density at radius 2 is 1.86 bits per heavy atom. The van der Waals surface area contributed by atoms with E-state index in [2.05, 4.69) is 10.3 Å². The minimum atomic E-state index is -0.728. The van der Waals surface area contributed by atoms with Crippen LogP contribution in [0.25, 0.3) is 10.9 Å². The fourth-order valence-electron chi connectivity index (χ4n) is 2.95. The summed E-state index contributed by atoms with van der Waals surface area (Å²) in [5.74, 6) is -0.414. The van der Waals surface area contributed by atoms with Gasteiger partial charge in [0.05, 0.1) is 12.1 Å². The van der Waals surface area contributed by atoms with Crippen LogP contribution in [0.5, 0.6) is 5.75 Å². The van der Waals surface area contributed by atoms with Crippen LogP contribution in [0.3, 0.4) is 0 Å². The van der Waals surface area contributed by atoms with Gasteiger partial charge >= 0.3 is 5.97 Å². The molecular formula is C22H22N2O5. The third-order valence-electron chi connectivity index (χ3n) is 4.32. The quantitative estimate of drug-likeness (QED) is 0.474. The second-order valence-corrected chi connectivity index (χ2v) is 6.64. The SMILES string of the molecule is Cc1ccc(OCCNC(=O)COC(=O)c2cc(=O)[nH]c3ccccc23)c(C)c1. The van der Waals surface area contributed by atoms with Crippen LogP contribution in [0.2, 0.25) is 0 Å². The largest absolute Gasteiger partial charge is 0.491 e. The monoisotopic (exact) mass is 394 g/mol. The van der Waals surface area contributed by atoms with Crippen LogP contribution in [0.1, 0.15) is 21.5 Å². The normalized spacial score (nSPS) is 10.6. The molecule has 7 nitrogen and oxygen atoms in total. The van der Waals surface area contributed by atoms with Crippen LogP contribution in [0.15, 0.2) is 53.3 Å². The number of esters is 1. The molecule has 150 valence electrons. The molecular weight excluding hydrogens is 372 g/mol. The Hall–Kier alpha value is -3.61. The molecule has 0 radical (unpaired) electrons. The number of aromatic amines is 1. The van der Waals surface area contributed by atoms with Crippen molar-refractivity contribution in [1.82, 2.24) is 10.3 Å². The smallest absolute Gasteiger partial charge is 0.339 e. The molecule has 0 aliphatic heterocycles. The average Bonchev–Trinajstić information content (AvgIpc) is 2.70. The Morgan fingerprint density at radius 1 is 1.07 bits per heavy atom. The minimum absolute atomic E-state index is 0.121. The number of nitrogens with one attached hydrogen (secondary N) is 2. The second kappa shape index (κ2) is 9.05. The molecule has 0 aliphatic carbocycles. The molecule has 2 aromatic carbocycles. The summed E-state index contributed by atoms with van der Waals surface area (Å²) in [7, 11) is 0. The number of para-hydroxylation sites is 1. The number of hydrogen-bond acceptors (Lipinski definition) is 5. The zero-order valence-electron chi connectivity index (χ0n) is 16.3. The van der Waals surface area contributed by atoms with Gasteiger partial charge < -0.3 is 19.8 Å². The van der Waals surface area contributed by atoms with E-state index in [4.69, 9.17) is 9.47 Å². The van der Waals surface area contributed by atoms with Crippen molar-refractivity contribution in [2.24, 2.45) is 0 Å². The standard InChI is InChI=1S/C22H22N2O5/c1-14-7-8-19(15(2)11-14)28-10-9-23-21(26)13-29-22(27)17-12-20(25)24-18-6-4-3-5-16(17)18/h3-8,11-12H,9-10,13H2,1-2H3,(H,23,26)(H,24,25).